The molecule has 0 aliphatic rings. The number of aryl methyl sites for hydroxylation is 2. The van der Waals surface area contributed by atoms with E-state index in [2.05, 4.69) is 40.9 Å². The maximum Gasteiger partial charge on any atom is 0.133 e. The van der Waals surface area contributed by atoms with Crippen LogP contribution in [0.15, 0.2) is 28.7 Å². The topological polar surface area (TPSA) is 17.8 Å². The van der Waals surface area contributed by atoms with E-state index in [1.807, 2.05) is 18.2 Å². The standard InChI is InChI=1S/C13H14BrClN2/c1-3-4-11-8-13(15)17(16-11)12-6-5-10(14)7-9(12)2/h5-8H,3-4H2,1-2H3. The van der Waals surface area contributed by atoms with Gasteiger partial charge in [-0.25, -0.2) is 4.68 Å². The van der Waals surface area contributed by atoms with Gasteiger partial charge in [0.1, 0.15) is 5.15 Å². The SMILES string of the molecule is CCCc1cc(Cl)n(-c2ccc(Br)cc2C)n1. The van der Waals surface area contributed by atoms with Gasteiger partial charge in [0, 0.05) is 4.47 Å². The summed E-state index contributed by atoms with van der Waals surface area (Å²) in [6.45, 7) is 4.19. The Morgan fingerprint density at radius 2 is 2.12 bits per heavy atom. The molecular formula is C13H14BrClN2. The van der Waals surface area contributed by atoms with Crippen molar-refractivity contribution in [1.82, 2.24) is 9.78 Å². The van der Waals surface area contributed by atoms with E-state index in [-0.39, 0.29) is 0 Å². The van der Waals surface area contributed by atoms with Crippen molar-refractivity contribution < 1.29 is 0 Å². The van der Waals surface area contributed by atoms with Crippen LogP contribution >= 0.6 is 27.5 Å². The predicted octanol–water partition coefficient (Wildman–Crippen LogP) is 4.55. The van der Waals surface area contributed by atoms with Crippen molar-refractivity contribution in [2.45, 2.75) is 26.7 Å². The summed E-state index contributed by atoms with van der Waals surface area (Å²) in [6.07, 6.45) is 2.04. The van der Waals surface area contributed by atoms with Gasteiger partial charge in [0.15, 0.2) is 0 Å². The average Bonchev–Trinajstić information content (AvgIpc) is 2.60. The van der Waals surface area contributed by atoms with Crippen molar-refractivity contribution in [3.8, 4) is 5.69 Å². The Hall–Kier alpha value is -0.800. The highest BCUT2D eigenvalue weighted by atomic mass is 79.9. The molecule has 1 aromatic heterocycles. The minimum absolute atomic E-state index is 0.666. The van der Waals surface area contributed by atoms with Gasteiger partial charge in [-0.05, 0) is 43.2 Å². The first-order chi connectivity index (χ1) is 8.11. The Kier molecular flexibility index (Phi) is 3.89. The van der Waals surface area contributed by atoms with E-state index in [4.69, 9.17) is 11.6 Å². The smallest absolute Gasteiger partial charge is 0.133 e. The van der Waals surface area contributed by atoms with Crippen molar-refractivity contribution in [2.24, 2.45) is 0 Å². The number of aromatic nitrogens is 2. The van der Waals surface area contributed by atoms with Crippen LogP contribution in [0, 0.1) is 6.92 Å². The molecular weight excluding hydrogens is 300 g/mol. The van der Waals surface area contributed by atoms with Gasteiger partial charge in [-0.2, -0.15) is 5.10 Å². The summed E-state index contributed by atoms with van der Waals surface area (Å²) in [4.78, 5) is 0. The molecule has 0 saturated heterocycles. The van der Waals surface area contributed by atoms with Crippen molar-refractivity contribution in [3.05, 3.63) is 45.1 Å². The van der Waals surface area contributed by atoms with Gasteiger partial charge in [-0.15, -0.1) is 0 Å². The Bertz CT molecular complexity index is 534. The van der Waals surface area contributed by atoms with Crippen LogP contribution in [0.3, 0.4) is 0 Å². The van der Waals surface area contributed by atoms with Crippen molar-refractivity contribution in [2.75, 3.05) is 0 Å². The minimum Gasteiger partial charge on any atom is -0.222 e. The summed E-state index contributed by atoms with van der Waals surface area (Å²) >= 11 is 9.67. The molecule has 0 fully saturated rings. The fourth-order valence-corrected chi connectivity index (χ4v) is 2.54. The fraction of sp³-hybridized carbons (Fsp3) is 0.308. The quantitative estimate of drug-likeness (QED) is 0.813. The summed E-state index contributed by atoms with van der Waals surface area (Å²) in [6, 6.07) is 8.02. The fourth-order valence-electron chi connectivity index (χ4n) is 1.81. The lowest BCUT2D eigenvalue weighted by Crippen LogP contribution is -2.00. The molecule has 4 heteroatoms. The van der Waals surface area contributed by atoms with Crippen LogP contribution in [0.25, 0.3) is 5.69 Å². The molecule has 1 heterocycles. The first kappa shape index (κ1) is 12.7. The number of hydrogen-bond donors (Lipinski definition) is 0. The molecule has 0 amide bonds. The first-order valence-corrected chi connectivity index (χ1v) is 6.80. The monoisotopic (exact) mass is 312 g/mol. The largest absolute Gasteiger partial charge is 0.222 e. The van der Waals surface area contributed by atoms with E-state index in [1.165, 1.54) is 0 Å². The van der Waals surface area contributed by atoms with Crippen LogP contribution in [-0.2, 0) is 6.42 Å². The molecule has 0 radical (unpaired) electrons. The molecule has 2 nitrogen and oxygen atoms in total. The second-order valence-corrected chi connectivity index (χ2v) is 5.35. The van der Waals surface area contributed by atoms with Crippen molar-refractivity contribution >= 4 is 27.5 Å². The average molecular weight is 314 g/mol. The highest BCUT2D eigenvalue weighted by molar-refractivity contribution is 9.10. The van der Waals surface area contributed by atoms with E-state index >= 15 is 0 Å². The summed E-state index contributed by atoms with van der Waals surface area (Å²) < 4.78 is 2.87. The van der Waals surface area contributed by atoms with E-state index in [0.717, 1.165) is 34.3 Å². The second-order valence-electron chi connectivity index (χ2n) is 4.05. The second kappa shape index (κ2) is 5.23. The number of rotatable bonds is 3. The third-order valence-corrected chi connectivity index (χ3v) is 3.37. The molecule has 0 N–H and O–H groups in total. The maximum atomic E-state index is 6.22. The van der Waals surface area contributed by atoms with Gasteiger partial charge in [0.2, 0.25) is 0 Å². The van der Waals surface area contributed by atoms with Gasteiger partial charge in [0.05, 0.1) is 11.4 Å². The molecule has 90 valence electrons. The Balaban J connectivity index is 2.45. The molecule has 0 atom stereocenters. The molecule has 0 aliphatic carbocycles. The minimum atomic E-state index is 0.666. The zero-order chi connectivity index (χ0) is 12.4. The van der Waals surface area contributed by atoms with Gasteiger partial charge < -0.3 is 0 Å². The number of benzene rings is 1. The van der Waals surface area contributed by atoms with Gasteiger partial charge in [0.25, 0.3) is 0 Å². The van der Waals surface area contributed by atoms with Gasteiger partial charge in [-0.1, -0.05) is 40.9 Å². The third kappa shape index (κ3) is 2.72. The summed E-state index contributed by atoms with van der Waals surface area (Å²) in [5.74, 6) is 0. The highest BCUT2D eigenvalue weighted by Crippen LogP contribution is 2.23. The van der Waals surface area contributed by atoms with Crippen molar-refractivity contribution in [1.29, 1.82) is 0 Å². The van der Waals surface area contributed by atoms with Gasteiger partial charge >= 0.3 is 0 Å². The molecule has 1 aromatic carbocycles. The molecule has 2 aromatic rings. The molecule has 17 heavy (non-hydrogen) atoms. The summed E-state index contributed by atoms with van der Waals surface area (Å²) in [5.41, 5.74) is 3.22. The highest BCUT2D eigenvalue weighted by Gasteiger charge is 2.09. The van der Waals surface area contributed by atoms with Crippen LogP contribution in [0.4, 0.5) is 0 Å². The van der Waals surface area contributed by atoms with Crippen LogP contribution in [0.5, 0.6) is 0 Å². The van der Waals surface area contributed by atoms with E-state index < -0.39 is 0 Å². The number of hydrogen-bond acceptors (Lipinski definition) is 1. The normalized spacial score (nSPS) is 10.8. The summed E-state index contributed by atoms with van der Waals surface area (Å²) in [7, 11) is 0. The molecule has 0 spiro atoms. The zero-order valence-corrected chi connectivity index (χ0v) is 12.2. The van der Waals surface area contributed by atoms with Crippen LogP contribution in [-0.4, -0.2) is 9.78 Å². The molecule has 0 unspecified atom stereocenters. The van der Waals surface area contributed by atoms with E-state index in [9.17, 15) is 0 Å². The molecule has 0 bridgehead atoms. The Morgan fingerprint density at radius 1 is 1.35 bits per heavy atom. The van der Waals surface area contributed by atoms with Crippen LogP contribution in [0.2, 0.25) is 5.15 Å². The number of nitrogens with zero attached hydrogens (tertiary/aromatic N) is 2. The predicted molar refractivity (Wildman–Crippen MR) is 75.0 cm³/mol. The molecule has 0 saturated carbocycles. The number of halogens is 2. The summed E-state index contributed by atoms with van der Waals surface area (Å²) in [5, 5.41) is 5.20. The Labute approximate surface area is 115 Å². The van der Waals surface area contributed by atoms with E-state index in [0.29, 0.717) is 5.15 Å². The maximum absolute atomic E-state index is 6.22. The Morgan fingerprint density at radius 3 is 2.76 bits per heavy atom. The lowest BCUT2D eigenvalue weighted by atomic mass is 10.2. The van der Waals surface area contributed by atoms with E-state index in [1.54, 1.807) is 4.68 Å². The lowest BCUT2D eigenvalue weighted by Gasteiger charge is -2.07. The molecule has 2 rings (SSSR count). The van der Waals surface area contributed by atoms with Crippen LogP contribution in [0.1, 0.15) is 24.6 Å². The van der Waals surface area contributed by atoms with Crippen LogP contribution < -0.4 is 0 Å². The lowest BCUT2D eigenvalue weighted by molar-refractivity contribution is 0.804. The zero-order valence-electron chi connectivity index (χ0n) is 9.87. The molecule has 0 aliphatic heterocycles. The van der Waals surface area contributed by atoms with Crippen molar-refractivity contribution in [3.63, 3.8) is 0 Å². The van der Waals surface area contributed by atoms with Gasteiger partial charge in [-0.3, -0.25) is 0 Å². The first-order valence-electron chi connectivity index (χ1n) is 5.62. The third-order valence-electron chi connectivity index (χ3n) is 2.61.